The monoisotopic (exact) mass is 428 g/mol. The molecule has 0 saturated carbocycles. The first-order valence-corrected chi connectivity index (χ1v) is 11.0. The average molecular weight is 429 g/mol. The maximum absolute atomic E-state index is 14.1. The normalized spacial score (nSPS) is 15.3. The van der Waals surface area contributed by atoms with E-state index in [0.717, 1.165) is 28.7 Å². The van der Waals surface area contributed by atoms with E-state index in [0.29, 0.717) is 17.0 Å². The highest BCUT2D eigenvalue weighted by Crippen LogP contribution is 2.29. The molecule has 0 unspecified atom stereocenters. The number of nitrogens with zero attached hydrogens (tertiary/aromatic N) is 2. The molecule has 0 aliphatic carbocycles. The van der Waals surface area contributed by atoms with Crippen LogP contribution in [0.4, 0.5) is 10.1 Å². The summed E-state index contributed by atoms with van der Waals surface area (Å²) in [4.78, 5) is 2.49. The van der Waals surface area contributed by atoms with Crippen LogP contribution in [0, 0.1) is 0 Å². The number of fused-ring (bicyclic) bond motifs is 1. The summed E-state index contributed by atoms with van der Waals surface area (Å²) < 4.78 is 14.1. The number of rotatable bonds is 8. The Bertz CT molecular complexity index is 1170. The Labute approximate surface area is 188 Å². The Morgan fingerprint density at radius 3 is 2.62 bits per heavy atom. The molecule has 32 heavy (non-hydrogen) atoms. The van der Waals surface area contributed by atoms with Crippen molar-refractivity contribution in [1.29, 1.82) is 0 Å². The molecule has 2 N–H and O–H groups in total. The predicted molar refractivity (Wildman–Crippen MR) is 133 cm³/mol. The minimum absolute atomic E-state index is 0.251. The van der Waals surface area contributed by atoms with Gasteiger partial charge in [0.1, 0.15) is 11.5 Å². The topological polar surface area (TPSA) is 44.0 Å². The molecule has 5 heteroatoms. The van der Waals surface area contributed by atoms with E-state index in [1.165, 1.54) is 38.4 Å². The van der Waals surface area contributed by atoms with Crippen LogP contribution in [0.2, 0.25) is 0 Å². The number of likely N-dealkylation sites (tertiary alicyclic amines) is 1. The number of halogens is 1. The molecule has 164 valence electrons. The molecule has 4 nitrogen and oxygen atoms in total. The fourth-order valence-corrected chi connectivity index (χ4v) is 4.11. The molecule has 1 aliphatic heterocycles. The van der Waals surface area contributed by atoms with Gasteiger partial charge in [-0.05, 0) is 68.2 Å². The summed E-state index contributed by atoms with van der Waals surface area (Å²) in [6, 6.07) is 14.2. The Morgan fingerprint density at radius 2 is 1.94 bits per heavy atom. The number of allylic oxidation sites excluding steroid dienone is 5. The molecular formula is C27H29FN4. The molecule has 3 aromatic rings. The number of anilines is 1. The van der Waals surface area contributed by atoms with Crippen LogP contribution in [0.3, 0.4) is 0 Å². The maximum Gasteiger partial charge on any atom is 0.116 e. The van der Waals surface area contributed by atoms with Crippen LogP contribution in [0.5, 0.6) is 0 Å². The third-order valence-corrected chi connectivity index (χ3v) is 5.78. The van der Waals surface area contributed by atoms with Crippen molar-refractivity contribution < 1.29 is 4.39 Å². The zero-order valence-electron chi connectivity index (χ0n) is 18.5. The third-order valence-electron chi connectivity index (χ3n) is 5.78. The average Bonchev–Trinajstić information content (AvgIpc) is 3.44. The largest absolute Gasteiger partial charge is 0.354 e. The number of aromatic nitrogens is 2. The molecule has 2 aromatic carbocycles. The summed E-state index contributed by atoms with van der Waals surface area (Å²) in [5.41, 5.74) is 5.84. The Hall–Kier alpha value is -3.44. The van der Waals surface area contributed by atoms with Gasteiger partial charge in [-0.25, -0.2) is 4.39 Å². The van der Waals surface area contributed by atoms with Crippen LogP contribution >= 0.6 is 0 Å². The minimum Gasteiger partial charge on any atom is -0.354 e. The lowest BCUT2D eigenvalue weighted by Gasteiger charge is -2.15. The van der Waals surface area contributed by atoms with Crippen LogP contribution in [-0.4, -0.2) is 28.2 Å². The number of H-pyrrole nitrogens is 1. The standard InChI is InChI=1S/C27H29FN4/c1-4-5-8-24(19(2)28)22-11-14-26-25(17-22)27(31-30-26)20(3)29-23-12-9-21(10-13-23)18-32-15-6-7-16-32/h4-5,8-14,17,29H,1,3,6-7,15-16,18H2,2H3,(H,30,31)/b8-5-,24-19-. The van der Waals surface area contributed by atoms with Crippen LogP contribution in [0.15, 0.2) is 79.7 Å². The number of aromatic amines is 1. The van der Waals surface area contributed by atoms with E-state index in [4.69, 9.17) is 0 Å². The van der Waals surface area contributed by atoms with Gasteiger partial charge in [-0.3, -0.25) is 10.00 Å². The molecule has 0 spiro atoms. The smallest absolute Gasteiger partial charge is 0.116 e. The van der Waals surface area contributed by atoms with Gasteiger partial charge in [0.25, 0.3) is 0 Å². The molecule has 0 radical (unpaired) electrons. The van der Waals surface area contributed by atoms with Gasteiger partial charge >= 0.3 is 0 Å². The van der Waals surface area contributed by atoms with E-state index >= 15 is 0 Å². The second kappa shape index (κ2) is 9.79. The van der Waals surface area contributed by atoms with E-state index in [9.17, 15) is 4.39 Å². The van der Waals surface area contributed by atoms with Crippen molar-refractivity contribution in [1.82, 2.24) is 15.1 Å². The van der Waals surface area contributed by atoms with Gasteiger partial charge in [0, 0.05) is 23.2 Å². The van der Waals surface area contributed by atoms with E-state index in [1.807, 2.05) is 18.2 Å². The van der Waals surface area contributed by atoms with Gasteiger partial charge in [-0.15, -0.1) is 0 Å². The summed E-state index contributed by atoms with van der Waals surface area (Å²) in [6.07, 6.45) is 7.68. The molecule has 1 aromatic heterocycles. The highest BCUT2D eigenvalue weighted by molar-refractivity contribution is 5.95. The Balaban J connectivity index is 1.54. The number of hydrogen-bond donors (Lipinski definition) is 2. The molecule has 1 saturated heterocycles. The van der Waals surface area contributed by atoms with E-state index < -0.39 is 0 Å². The van der Waals surface area contributed by atoms with Gasteiger partial charge in [0.05, 0.1) is 11.2 Å². The second-order valence-corrected chi connectivity index (χ2v) is 8.16. The quantitative estimate of drug-likeness (QED) is 0.393. The number of benzene rings is 2. The Morgan fingerprint density at radius 1 is 1.19 bits per heavy atom. The highest BCUT2D eigenvalue weighted by Gasteiger charge is 2.13. The molecular weight excluding hydrogens is 399 g/mol. The summed E-state index contributed by atoms with van der Waals surface area (Å²) >= 11 is 0. The second-order valence-electron chi connectivity index (χ2n) is 8.16. The fraction of sp³-hybridized carbons (Fsp3) is 0.222. The van der Waals surface area contributed by atoms with Crippen molar-refractivity contribution in [2.24, 2.45) is 0 Å². The molecule has 4 rings (SSSR count). The summed E-state index contributed by atoms with van der Waals surface area (Å²) in [6.45, 7) is 12.7. The third kappa shape index (κ3) is 4.89. The summed E-state index contributed by atoms with van der Waals surface area (Å²) in [5, 5.41) is 11.7. The van der Waals surface area contributed by atoms with Crippen molar-refractivity contribution in [2.45, 2.75) is 26.3 Å². The molecule has 0 bridgehead atoms. The minimum atomic E-state index is -0.251. The molecule has 1 fully saturated rings. The van der Waals surface area contributed by atoms with Crippen LogP contribution in [-0.2, 0) is 6.54 Å². The lowest BCUT2D eigenvalue weighted by atomic mass is 10.0. The predicted octanol–water partition coefficient (Wildman–Crippen LogP) is 6.68. The van der Waals surface area contributed by atoms with E-state index in [2.05, 4.69) is 57.8 Å². The van der Waals surface area contributed by atoms with Gasteiger partial charge in [0.2, 0.25) is 0 Å². The first-order valence-electron chi connectivity index (χ1n) is 11.0. The SMILES string of the molecule is C=C/C=C\C(=C(/C)F)c1ccc2[nH]nc(C(=C)Nc3ccc(CN4CCCC4)cc3)c2c1. The number of hydrogen-bond acceptors (Lipinski definition) is 3. The van der Waals surface area contributed by atoms with Crippen LogP contribution in [0.1, 0.15) is 36.6 Å². The van der Waals surface area contributed by atoms with Gasteiger partial charge in [-0.2, -0.15) is 5.10 Å². The van der Waals surface area contributed by atoms with Gasteiger partial charge in [-0.1, -0.05) is 49.6 Å². The van der Waals surface area contributed by atoms with Gasteiger partial charge in [0.15, 0.2) is 0 Å². The lowest BCUT2D eigenvalue weighted by molar-refractivity contribution is 0.331. The van der Waals surface area contributed by atoms with E-state index in [-0.39, 0.29) is 5.83 Å². The summed E-state index contributed by atoms with van der Waals surface area (Å²) in [7, 11) is 0. The van der Waals surface area contributed by atoms with Crippen LogP contribution in [0.25, 0.3) is 22.2 Å². The van der Waals surface area contributed by atoms with Crippen molar-refractivity contribution in [3.63, 3.8) is 0 Å². The van der Waals surface area contributed by atoms with Crippen molar-refractivity contribution in [3.8, 4) is 0 Å². The van der Waals surface area contributed by atoms with Gasteiger partial charge < -0.3 is 5.32 Å². The molecule has 1 aliphatic rings. The molecule has 0 amide bonds. The molecule has 2 heterocycles. The zero-order chi connectivity index (χ0) is 22.5. The number of nitrogens with one attached hydrogen (secondary N) is 2. The van der Waals surface area contributed by atoms with Crippen molar-refractivity contribution >= 4 is 27.9 Å². The first kappa shape index (κ1) is 21.8. The zero-order valence-corrected chi connectivity index (χ0v) is 18.5. The Kier molecular flexibility index (Phi) is 6.66. The highest BCUT2D eigenvalue weighted by atomic mass is 19.1. The maximum atomic E-state index is 14.1. The van der Waals surface area contributed by atoms with Crippen molar-refractivity contribution in [2.75, 3.05) is 18.4 Å². The lowest BCUT2D eigenvalue weighted by Crippen LogP contribution is -2.18. The molecule has 0 atom stereocenters. The van der Waals surface area contributed by atoms with Crippen molar-refractivity contribution in [3.05, 3.63) is 96.5 Å². The summed E-state index contributed by atoms with van der Waals surface area (Å²) in [5.74, 6) is -0.251. The first-order chi connectivity index (χ1) is 15.5. The van der Waals surface area contributed by atoms with Crippen LogP contribution < -0.4 is 5.32 Å². The van der Waals surface area contributed by atoms with E-state index in [1.54, 1.807) is 18.2 Å². The fourth-order valence-electron chi connectivity index (χ4n) is 4.11.